The number of thiocarbonyl (C=S) groups is 1. The van der Waals surface area contributed by atoms with Gasteiger partial charge in [0.15, 0.2) is 5.11 Å². The van der Waals surface area contributed by atoms with Gasteiger partial charge >= 0.3 is 0 Å². The van der Waals surface area contributed by atoms with Crippen LogP contribution in [0.15, 0.2) is 83.7 Å². The van der Waals surface area contributed by atoms with Crippen molar-refractivity contribution in [2.75, 3.05) is 0 Å². The van der Waals surface area contributed by atoms with Crippen LogP contribution in [0.2, 0.25) is 0 Å². The van der Waals surface area contributed by atoms with E-state index < -0.39 is 0 Å². The van der Waals surface area contributed by atoms with Gasteiger partial charge in [-0.1, -0.05) is 72.8 Å². The second-order valence-electron chi connectivity index (χ2n) is 8.52. The Balaban J connectivity index is 1.63. The number of nitrogens with one attached hydrogen (secondary N) is 2. The quantitative estimate of drug-likeness (QED) is 0.362. The Morgan fingerprint density at radius 1 is 0.970 bits per heavy atom. The van der Waals surface area contributed by atoms with E-state index >= 15 is 0 Å². The van der Waals surface area contributed by atoms with Gasteiger partial charge in [0.2, 0.25) is 0 Å². The molecule has 0 spiro atoms. The minimum atomic E-state index is -0.0758. The molecule has 0 bridgehead atoms. The number of nitrogens with zero attached hydrogens (tertiary/aromatic N) is 1. The maximum absolute atomic E-state index is 13.0. The van der Waals surface area contributed by atoms with Crippen molar-refractivity contribution < 1.29 is 0 Å². The molecule has 1 aromatic heterocycles. The second kappa shape index (κ2) is 10.0. The molecule has 4 aromatic rings. The molecule has 33 heavy (non-hydrogen) atoms. The van der Waals surface area contributed by atoms with Gasteiger partial charge in [-0.25, -0.2) is 0 Å². The lowest BCUT2D eigenvalue weighted by Crippen LogP contribution is -2.41. The second-order valence-corrected chi connectivity index (χ2v) is 8.91. The minimum Gasteiger partial charge on any atom is -0.356 e. The fourth-order valence-electron chi connectivity index (χ4n) is 4.00. The van der Waals surface area contributed by atoms with Gasteiger partial charge in [-0.05, 0) is 66.7 Å². The van der Waals surface area contributed by atoms with Crippen LogP contribution in [0.3, 0.4) is 0 Å². The number of aromatic nitrogens is 1. The number of H-pyrrole nitrogens is 1. The van der Waals surface area contributed by atoms with E-state index in [4.69, 9.17) is 12.2 Å². The summed E-state index contributed by atoms with van der Waals surface area (Å²) >= 11 is 5.83. The predicted octanol–water partition coefficient (Wildman–Crippen LogP) is 5.78. The van der Waals surface area contributed by atoms with Crippen LogP contribution in [0.1, 0.15) is 40.8 Å². The highest BCUT2D eigenvalue weighted by atomic mass is 32.1. The Hall–Kier alpha value is -3.44. The van der Waals surface area contributed by atoms with E-state index in [-0.39, 0.29) is 11.6 Å². The van der Waals surface area contributed by atoms with Gasteiger partial charge in [0.25, 0.3) is 5.56 Å². The van der Waals surface area contributed by atoms with Gasteiger partial charge in [0.1, 0.15) is 0 Å². The Morgan fingerprint density at radius 2 is 1.64 bits per heavy atom. The fraction of sp³-hybridized carbons (Fsp3) is 0.214. The average Bonchev–Trinajstić information content (AvgIpc) is 2.83. The van der Waals surface area contributed by atoms with Gasteiger partial charge in [-0.3, -0.25) is 4.79 Å². The van der Waals surface area contributed by atoms with Crippen LogP contribution in [-0.2, 0) is 13.1 Å². The third-order valence-electron chi connectivity index (χ3n) is 6.13. The number of benzene rings is 3. The largest absolute Gasteiger partial charge is 0.356 e. The molecule has 0 radical (unpaired) electrons. The van der Waals surface area contributed by atoms with E-state index in [1.807, 2.05) is 49.4 Å². The lowest BCUT2D eigenvalue weighted by atomic mass is 10.0. The Bertz CT molecular complexity index is 1320. The first kappa shape index (κ1) is 22.7. The van der Waals surface area contributed by atoms with Gasteiger partial charge in [0, 0.05) is 12.1 Å². The first-order valence-electron chi connectivity index (χ1n) is 11.2. The molecule has 0 fully saturated rings. The topological polar surface area (TPSA) is 48.1 Å². The molecular formula is C28H29N3OS. The number of aryl methyl sites for hydroxylation is 2. The summed E-state index contributed by atoms with van der Waals surface area (Å²) < 4.78 is 0. The van der Waals surface area contributed by atoms with Gasteiger partial charge < -0.3 is 15.2 Å². The molecule has 3 aromatic carbocycles. The molecule has 5 heteroatoms. The van der Waals surface area contributed by atoms with Gasteiger partial charge in [-0.15, -0.1) is 0 Å². The van der Waals surface area contributed by atoms with Crippen molar-refractivity contribution in [2.24, 2.45) is 0 Å². The maximum Gasteiger partial charge on any atom is 0.253 e. The molecule has 0 aliphatic heterocycles. The van der Waals surface area contributed by atoms with Gasteiger partial charge in [0.05, 0.1) is 18.1 Å². The number of hydrogen-bond donors (Lipinski definition) is 2. The highest BCUT2D eigenvalue weighted by molar-refractivity contribution is 7.80. The normalized spacial score (nSPS) is 11.8. The number of aromatic amines is 1. The van der Waals surface area contributed by atoms with Crippen molar-refractivity contribution in [1.82, 2.24) is 15.2 Å². The Kier molecular flexibility index (Phi) is 6.90. The van der Waals surface area contributed by atoms with Crippen molar-refractivity contribution in [2.45, 2.75) is 39.9 Å². The van der Waals surface area contributed by atoms with E-state index in [1.165, 1.54) is 0 Å². The van der Waals surface area contributed by atoms with E-state index in [0.717, 1.165) is 33.2 Å². The van der Waals surface area contributed by atoms with Crippen LogP contribution in [-0.4, -0.2) is 15.0 Å². The molecule has 0 saturated heterocycles. The summed E-state index contributed by atoms with van der Waals surface area (Å²) in [6, 6.07) is 26.6. The van der Waals surface area contributed by atoms with Crippen molar-refractivity contribution in [1.29, 1.82) is 0 Å². The third-order valence-corrected chi connectivity index (χ3v) is 6.51. The lowest BCUT2D eigenvalue weighted by molar-refractivity contribution is 0.392. The first-order valence-corrected chi connectivity index (χ1v) is 11.6. The fourth-order valence-corrected chi connectivity index (χ4v) is 4.30. The number of fused-ring (bicyclic) bond motifs is 1. The molecule has 0 aliphatic carbocycles. The summed E-state index contributed by atoms with van der Waals surface area (Å²) in [5.74, 6) is 0. The van der Waals surface area contributed by atoms with Crippen molar-refractivity contribution in [3.8, 4) is 0 Å². The number of pyridine rings is 1. The Labute approximate surface area is 200 Å². The van der Waals surface area contributed by atoms with Crippen LogP contribution in [0.25, 0.3) is 10.9 Å². The van der Waals surface area contributed by atoms with Crippen molar-refractivity contribution >= 4 is 28.2 Å². The number of rotatable bonds is 6. The zero-order valence-electron chi connectivity index (χ0n) is 19.3. The monoisotopic (exact) mass is 455 g/mol. The van der Waals surface area contributed by atoms with E-state index in [9.17, 15) is 4.79 Å². The molecule has 4 rings (SSSR count). The average molecular weight is 456 g/mol. The summed E-state index contributed by atoms with van der Waals surface area (Å²) in [5.41, 5.74) is 6.08. The lowest BCUT2D eigenvalue weighted by Gasteiger charge is -2.28. The molecule has 4 nitrogen and oxygen atoms in total. The summed E-state index contributed by atoms with van der Waals surface area (Å²) in [5, 5.41) is 5.11. The van der Waals surface area contributed by atoms with E-state index in [0.29, 0.717) is 23.8 Å². The van der Waals surface area contributed by atoms with Crippen LogP contribution in [0.5, 0.6) is 0 Å². The smallest absolute Gasteiger partial charge is 0.253 e. The minimum absolute atomic E-state index is 0.0532. The predicted molar refractivity (Wildman–Crippen MR) is 140 cm³/mol. The standard InChI is InChI=1S/C28H29N3OS/c1-19-14-15-24-16-25(27(32)30-26(24)20(19)2)18-31(17-22-10-6-4-7-11-22)28(33)29-21(3)23-12-8-5-9-13-23/h4-16,21H,17-18H2,1-3H3,(H,29,33)(H,30,32)/t21-/m0/s1. The highest BCUT2D eigenvalue weighted by Gasteiger charge is 2.17. The summed E-state index contributed by atoms with van der Waals surface area (Å²) in [6.07, 6.45) is 0. The molecule has 1 heterocycles. The summed E-state index contributed by atoms with van der Waals surface area (Å²) in [4.78, 5) is 18.2. The van der Waals surface area contributed by atoms with Crippen molar-refractivity contribution in [3.63, 3.8) is 0 Å². The van der Waals surface area contributed by atoms with Crippen LogP contribution < -0.4 is 10.9 Å². The molecule has 0 aliphatic rings. The third kappa shape index (κ3) is 5.32. The molecule has 0 unspecified atom stereocenters. The van der Waals surface area contributed by atoms with Gasteiger partial charge in [-0.2, -0.15) is 0 Å². The molecule has 0 amide bonds. The zero-order chi connectivity index (χ0) is 23.4. The first-order chi connectivity index (χ1) is 15.9. The van der Waals surface area contributed by atoms with E-state index in [2.05, 4.69) is 65.4 Å². The highest BCUT2D eigenvalue weighted by Crippen LogP contribution is 2.20. The van der Waals surface area contributed by atoms with Crippen LogP contribution in [0.4, 0.5) is 0 Å². The maximum atomic E-state index is 13.0. The molecule has 168 valence electrons. The molecular weight excluding hydrogens is 426 g/mol. The van der Waals surface area contributed by atoms with E-state index in [1.54, 1.807) is 0 Å². The summed E-state index contributed by atoms with van der Waals surface area (Å²) in [7, 11) is 0. The molecule has 2 N–H and O–H groups in total. The Morgan fingerprint density at radius 3 is 2.33 bits per heavy atom. The SMILES string of the molecule is Cc1ccc2cc(CN(Cc3ccccc3)C(=S)N[C@@H](C)c3ccccc3)c(=O)[nH]c2c1C. The number of hydrogen-bond acceptors (Lipinski definition) is 2. The van der Waals surface area contributed by atoms with Crippen molar-refractivity contribution in [3.05, 3.63) is 117 Å². The van der Waals surface area contributed by atoms with Crippen LogP contribution in [0, 0.1) is 13.8 Å². The molecule has 1 atom stereocenters. The molecule has 0 saturated carbocycles. The summed E-state index contributed by atoms with van der Waals surface area (Å²) in [6.45, 7) is 7.22. The zero-order valence-corrected chi connectivity index (χ0v) is 20.1. The van der Waals surface area contributed by atoms with Crippen LogP contribution >= 0.6 is 12.2 Å².